The highest BCUT2D eigenvalue weighted by Gasteiger charge is 2.31. The number of carboxylic acids is 1. The van der Waals surface area contributed by atoms with Crippen LogP contribution in [0.25, 0.3) is 0 Å². The molecule has 1 heterocycles. The van der Waals surface area contributed by atoms with Gasteiger partial charge in [-0.1, -0.05) is 24.3 Å². The molecular weight excluding hydrogens is 446 g/mol. The average Bonchev–Trinajstić information content (AvgIpc) is 2.73. The summed E-state index contributed by atoms with van der Waals surface area (Å²) in [6, 6.07) is 11.8. The van der Waals surface area contributed by atoms with Crippen LogP contribution in [0.2, 0.25) is 0 Å². The number of rotatable bonds is 9. The van der Waals surface area contributed by atoms with Crippen LogP contribution in [0.1, 0.15) is 17.5 Å². The van der Waals surface area contributed by atoms with Gasteiger partial charge in [-0.05, 0) is 66.1 Å². The van der Waals surface area contributed by atoms with Crippen LogP contribution in [0.4, 0.5) is 17.6 Å². The van der Waals surface area contributed by atoms with Crippen LogP contribution in [0, 0.1) is 5.82 Å². The van der Waals surface area contributed by atoms with E-state index in [9.17, 15) is 27.5 Å². The second-order valence-electron chi connectivity index (χ2n) is 7.09. The van der Waals surface area contributed by atoms with Crippen molar-refractivity contribution in [3.8, 4) is 5.75 Å². The number of nitrogens with zero attached hydrogens (tertiary/aromatic N) is 1. The minimum Gasteiger partial charge on any atom is -0.478 e. The minimum absolute atomic E-state index is 0.233. The number of ether oxygens (including phenoxy) is 1. The molecule has 170 valence electrons. The Morgan fingerprint density at radius 2 is 1.72 bits per heavy atom. The zero-order chi connectivity index (χ0) is 23.1. The molecule has 32 heavy (non-hydrogen) atoms. The maximum atomic E-state index is 13.0. The number of allylic oxidation sites excluding steroid dienone is 2. The Hall–Kier alpha value is -2.94. The standard InChI is InChI=1S/C23H21F4NO3S/c24-18-9-5-16(6-10-18)3-2-14-32-21-20(22(29)30)4-1-13-28(21)15-17-7-11-19(12-8-17)31-23(25,26)27/h1,4-13,21H,2-3,14-15H2,(H,29,30). The van der Waals surface area contributed by atoms with Gasteiger partial charge < -0.3 is 14.7 Å². The highest BCUT2D eigenvalue weighted by atomic mass is 32.2. The van der Waals surface area contributed by atoms with Crippen LogP contribution in [-0.4, -0.2) is 33.5 Å². The SMILES string of the molecule is O=C(O)C1=CC=CN(Cc2ccc(OC(F)(F)F)cc2)C1SCCCc1ccc(F)cc1. The first-order valence-corrected chi connectivity index (χ1v) is 10.8. The number of carboxylic acid groups (broad SMARTS) is 1. The summed E-state index contributed by atoms with van der Waals surface area (Å²) in [6.07, 6.45) is 1.72. The second-order valence-corrected chi connectivity index (χ2v) is 8.27. The van der Waals surface area contributed by atoms with Crippen molar-refractivity contribution < 1.29 is 32.2 Å². The molecule has 0 saturated carbocycles. The molecule has 0 spiro atoms. The highest BCUT2D eigenvalue weighted by molar-refractivity contribution is 8.00. The lowest BCUT2D eigenvalue weighted by molar-refractivity contribution is -0.274. The number of aliphatic carboxylic acids is 1. The van der Waals surface area contributed by atoms with E-state index in [1.165, 1.54) is 48.2 Å². The summed E-state index contributed by atoms with van der Waals surface area (Å²) in [5.41, 5.74) is 1.95. The Labute approximate surface area is 187 Å². The van der Waals surface area contributed by atoms with Gasteiger partial charge in [-0.2, -0.15) is 0 Å². The van der Waals surface area contributed by atoms with Crippen LogP contribution < -0.4 is 4.74 Å². The number of benzene rings is 2. The van der Waals surface area contributed by atoms with Crippen molar-refractivity contribution in [1.29, 1.82) is 0 Å². The lowest BCUT2D eigenvalue weighted by Gasteiger charge is -2.33. The molecule has 2 aromatic rings. The summed E-state index contributed by atoms with van der Waals surface area (Å²) in [7, 11) is 0. The Balaban J connectivity index is 1.61. The second kappa shape index (κ2) is 10.6. The van der Waals surface area contributed by atoms with E-state index in [-0.39, 0.29) is 17.1 Å². The molecular formula is C23H21F4NO3S. The van der Waals surface area contributed by atoms with E-state index in [1.807, 2.05) is 4.90 Å². The van der Waals surface area contributed by atoms with Crippen molar-refractivity contribution in [2.75, 3.05) is 5.75 Å². The van der Waals surface area contributed by atoms with Gasteiger partial charge in [0.25, 0.3) is 0 Å². The normalized spacial score (nSPS) is 16.1. The molecule has 1 unspecified atom stereocenters. The summed E-state index contributed by atoms with van der Waals surface area (Å²) in [5, 5.41) is 9.15. The first-order chi connectivity index (χ1) is 15.2. The van der Waals surface area contributed by atoms with E-state index in [0.717, 1.165) is 18.4 Å². The molecule has 0 saturated heterocycles. The van der Waals surface area contributed by atoms with Crippen LogP contribution in [-0.2, 0) is 17.8 Å². The van der Waals surface area contributed by atoms with Gasteiger partial charge in [-0.15, -0.1) is 24.9 Å². The molecule has 2 aromatic carbocycles. The molecule has 0 amide bonds. The smallest absolute Gasteiger partial charge is 0.478 e. The van der Waals surface area contributed by atoms with E-state index in [1.54, 1.807) is 30.5 Å². The molecule has 0 aliphatic carbocycles. The molecule has 0 bridgehead atoms. The molecule has 1 atom stereocenters. The van der Waals surface area contributed by atoms with Crippen molar-refractivity contribution >= 4 is 17.7 Å². The van der Waals surface area contributed by atoms with Crippen molar-refractivity contribution in [3.63, 3.8) is 0 Å². The maximum Gasteiger partial charge on any atom is 0.573 e. The summed E-state index contributed by atoms with van der Waals surface area (Å²) >= 11 is 1.47. The summed E-state index contributed by atoms with van der Waals surface area (Å²) in [5.74, 6) is -0.949. The average molecular weight is 467 g/mol. The Bertz CT molecular complexity index is 972. The monoisotopic (exact) mass is 467 g/mol. The lowest BCUT2D eigenvalue weighted by atomic mass is 10.1. The number of alkyl halides is 3. The fraction of sp³-hybridized carbons (Fsp3) is 0.261. The molecule has 1 aliphatic rings. The largest absolute Gasteiger partial charge is 0.573 e. The number of carbonyl (C=O) groups is 1. The van der Waals surface area contributed by atoms with Crippen LogP contribution >= 0.6 is 11.8 Å². The van der Waals surface area contributed by atoms with Gasteiger partial charge in [0.15, 0.2) is 0 Å². The third-order valence-corrected chi connectivity index (χ3v) is 6.05. The predicted molar refractivity (Wildman–Crippen MR) is 114 cm³/mol. The van der Waals surface area contributed by atoms with Crippen molar-refractivity contribution in [1.82, 2.24) is 4.90 Å². The van der Waals surface area contributed by atoms with E-state index >= 15 is 0 Å². The van der Waals surface area contributed by atoms with E-state index in [4.69, 9.17) is 0 Å². The number of aryl methyl sites for hydroxylation is 1. The zero-order valence-electron chi connectivity index (χ0n) is 16.9. The molecule has 0 fully saturated rings. The lowest BCUT2D eigenvalue weighted by Crippen LogP contribution is -2.34. The Morgan fingerprint density at radius 1 is 1.06 bits per heavy atom. The van der Waals surface area contributed by atoms with E-state index in [0.29, 0.717) is 17.9 Å². The first-order valence-electron chi connectivity index (χ1n) is 9.79. The quantitative estimate of drug-likeness (QED) is 0.376. The van der Waals surface area contributed by atoms with Gasteiger partial charge in [0.1, 0.15) is 16.9 Å². The fourth-order valence-electron chi connectivity index (χ4n) is 3.22. The van der Waals surface area contributed by atoms with Crippen molar-refractivity contribution in [3.05, 3.63) is 89.4 Å². The molecule has 0 aromatic heterocycles. The van der Waals surface area contributed by atoms with Gasteiger partial charge in [-0.25, -0.2) is 9.18 Å². The number of hydrogen-bond acceptors (Lipinski definition) is 4. The molecule has 9 heteroatoms. The van der Waals surface area contributed by atoms with Crippen LogP contribution in [0.3, 0.4) is 0 Å². The molecule has 4 nitrogen and oxygen atoms in total. The van der Waals surface area contributed by atoms with Gasteiger partial charge >= 0.3 is 12.3 Å². The minimum atomic E-state index is -4.76. The maximum absolute atomic E-state index is 13.0. The fourth-order valence-corrected chi connectivity index (χ4v) is 4.45. The van der Waals surface area contributed by atoms with Gasteiger partial charge in [0.2, 0.25) is 0 Å². The number of thioether (sulfide) groups is 1. The van der Waals surface area contributed by atoms with E-state index in [2.05, 4.69) is 4.74 Å². The highest BCUT2D eigenvalue weighted by Crippen LogP contribution is 2.30. The topological polar surface area (TPSA) is 49.8 Å². The molecule has 1 N–H and O–H groups in total. The predicted octanol–water partition coefficient (Wildman–Crippen LogP) is 5.76. The molecule has 3 rings (SSSR count). The summed E-state index contributed by atoms with van der Waals surface area (Å²) in [4.78, 5) is 13.6. The Kier molecular flexibility index (Phi) is 7.84. The number of hydrogen-bond donors (Lipinski definition) is 1. The summed E-state index contributed by atoms with van der Waals surface area (Å²) < 4.78 is 53.9. The molecule has 1 aliphatic heterocycles. The van der Waals surface area contributed by atoms with Crippen molar-refractivity contribution in [2.45, 2.75) is 31.1 Å². The van der Waals surface area contributed by atoms with Gasteiger partial charge in [0, 0.05) is 12.7 Å². The summed E-state index contributed by atoms with van der Waals surface area (Å²) in [6.45, 7) is 0.322. The zero-order valence-corrected chi connectivity index (χ0v) is 17.7. The van der Waals surface area contributed by atoms with Crippen LogP contribution in [0.15, 0.2) is 72.5 Å². The third-order valence-electron chi connectivity index (χ3n) is 4.69. The van der Waals surface area contributed by atoms with Gasteiger partial charge in [0.05, 0.1) is 5.57 Å². The van der Waals surface area contributed by atoms with E-state index < -0.39 is 17.7 Å². The van der Waals surface area contributed by atoms with Gasteiger partial charge in [-0.3, -0.25) is 0 Å². The Morgan fingerprint density at radius 3 is 2.34 bits per heavy atom. The van der Waals surface area contributed by atoms with Crippen molar-refractivity contribution in [2.24, 2.45) is 0 Å². The number of halogens is 4. The van der Waals surface area contributed by atoms with Crippen LogP contribution in [0.5, 0.6) is 5.75 Å². The third kappa shape index (κ3) is 7.05. The molecule has 0 radical (unpaired) electrons. The first kappa shape index (κ1) is 23.7.